The van der Waals surface area contributed by atoms with Crippen LogP contribution in [0.4, 0.5) is 0 Å². The number of nitrogens with two attached hydrogens (primary N) is 1. The molecule has 0 spiro atoms. The zero-order chi connectivity index (χ0) is 13.8. The first-order valence-corrected chi connectivity index (χ1v) is 6.75. The van der Waals surface area contributed by atoms with Gasteiger partial charge in [-0.05, 0) is 45.4 Å². The van der Waals surface area contributed by atoms with Gasteiger partial charge in [-0.25, -0.2) is 0 Å². The van der Waals surface area contributed by atoms with Gasteiger partial charge in [0.05, 0.1) is 16.9 Å². The molecule has 1 aliphatic carbocycles. The molecule has 1 aliphatic rings. The maximum absolute atomic E-state index is 12.3. The summed E-state index contributed by atoms with van der Waals surface area (Å²) in [4.78, 5) is 12.3. The Labute approximate surface area is 110 Å². The molecule has 0 heterocycles. The van der Waals surface area contributed by atoms with Crippen molar-refractivity contribution in [3.05, 3.63) is 0 Å². The molecule has 1 amide bonds. The third kappa shape index (κ3) is 3.46. The van der Waals surface area contributed by atoms with Crippen molar-refractivity contribution < 1.29 is 4.79 Å². The van der Waals surface area contributed by atoms with Crippen molar-refractivity contribution in [2.75, 3.05) is 13.1 Å². The lowest BCUT2D eigenvalue weighted by Crippen LogP contribution is -2.49. The fourth-order valence-corrected chi connectivity index (χ4v) is 2.37. The van der Waals surface area contributed by atoms with E-state index in [0.717, 1.165) is 25.7 Å². The highest BCUT2D eigenvalue weighted by Gasteiger charge is 2.40. The van der Waals surface area contributed by atoms with Crippen LogP contribution in [0.2, 0.25) is 0 Å². The van der Waals surface area contributed by atoms with Crippen LogP contribution in [0.3, 0.4) is 0 Å². The molecule has 4 nitrogen and oxygen atoms in total. The normalized spacial score (nSPS) is 28.5. The van der Waals surface area contributed by atoms with Crippen molar-refractivity contribution in [3.63, 3.8) is 0 Å². The van der Waals surface area contributed by atoms with Crippen LogP contribution in [-0.4, -0.2) is 19.0 Å². The second-order valence-electron chi connectivity index (χ2n) is 6.35. The van der Waals surface area contributed by atoms with E-state index in [1.54, 1.807) is 0 Å². The lowest BCUT2D eigenvalue weighted by Gasteiger charge is -2.37. The lowest BCUT2D eigenvalue weighted by atomic mass is 9.70. The van der Waals surface area contributed by atoms with Crippen molar-refractivity contribution >= 4 is 5.91 Å². The maximum atomic E-state index is 12.3. The molecule has 4 heteroatoms. The summed E-state index contributed by atoms with van der Waals surface area (Å²) in [5.74, 6) is 0.716. The summed E-state index contributed by atoms with van der Waals surface area (Å²) >= 11 is 0. The van der Waals surface area contributed by atoms with Gasteiger partial charge in [-0.3, -0.25) is 4.79 Å². The Kier molecular flexibility index (Phi) is 4.75. The number of nitriles is 1. The van der Waals surface area contributed by atoms with E-state index in [0.29, 0.717) is 19.0 Å². The smallest absolute Gasteiger partial charge is 0.227 e. The number of hydrogen-bond donors (Lipinski definition) is 2. The highest BCUT2D eigenvalue weighted by molar-refractivity contribution is 5.83. The number of rotatable bonds is 4. The number of carbonyl (C=O) groups excluding carboxylic acids is 1. The Bertz CT molecular complexity index is 335. The van der Waals surface area contributed by atoms with E-state index in [1.807, 2.05) is 13.8 Å². The van der Waals surface area contributed by atoms with Gasteiger partial charge in [-0.2, -0.15) is 5.26 Å². The van der Waals surface area contributed by atoms with Gasteiger partial charge < -0.3 is 11.1 Å². The Morgan fingerprint density at radius 2 is 2.06 bits per heavy atom. The quantitative estimate of drug-likeness (QED) is 0.799. The van der Waals surface area contributed by atoms with Gasteiger partial charge in [-0.15, -0.1) is 0 Å². The molecule has 0 aromatic carbocycles. The van der Waals surface area contributed by atoms with Crippen LogP contribution in [0, 0.1) is 28.1 Å². The highest BCUT2D eigenvalue weighted by Crippen LogP contribution is 2.38. The van der Waals surface area contributed by atoms with Gasteiger partial charge in [0.25, 0.3) is 0 Å². The number of carbonyl (C=O) groups is 1. The summed E-state index contributed by atoms with van der Waals surface area (Å²) < 4.78 is 0. The SMILES string of the molecule is CC1CCC(CN)(C(=O)NCC(C)(C)C#N)CC1. The van der Waals surface area contributed by atoms with E-state index < -0.39 is 10.8 Å². The summed E-state index contributed by atoms with van der Waals surface area (Å²) in [5, 5.41) is 11.9. The van der Waals surface area contributed by atoms with E-state index in [2.05, 4.69) is 18.3 Å². The molecule has 1 saturated carbocycles. The minimum Gasteiger partial charge on any atom is -0.354 e. The number of hydrogen-bond acceptors (Lipinski definition) is 3. The predicted molar refractivity (Wildman–Crippen MR) is 71.5 cm³/mol. The molecule has 0 unspecified atom stereocenters. The molecule has 102 valence electrons. The molecular formula is C14H25N3O. The predicted octanol–water partition coefficient (Wildman–Crippen LogP) is 1.81. The van der Waals surface area contributed by atoms with Crippen molar-refractivity contribution in [2.45, 2.75) is 46.5 Å². The highest BCUT2D eigenvalue weighted by atomic mass is 16.2. The van der Waals surface area contributed by atoms with Crippen molar-refractivity contribution in [3.8, 4) is 6.07 Å². The van der Waals surface area contributed by atoms with Gasteiger partial charge >= 0.3 is 0 Å². The minimum atomic E-state index is -0.520. The topological polar surface area (TPSA) is 78.9 Å². The van der Waals surface area contributed by atoms with Crippen LogP contribution in [0.5, 0.6) is 0 Å². The Morgan fingerprint density at radius 1 is 1.50 bits per heavy atom. The first-order valence-electron chi connectivity index (χ1n) is 6.75. The molecule has 1 fully saturated rings. The van der Waals surface area contributed by atoms with Crippen LogP contribution >= 0.6 is 0 Å². The standard InChI is InChI=1S/C14H25N3O/c1-11-4-6-14(9-16,7-5-11)12(18)17-10-13(2,3)8-15/h11H,4-7,9-10,16H2,1-3H3,(H,17,18). The number of amides is 1. The molecule has 0 aromatic rings. The van der Waals surface area contributed by atoms with E-state index >= 15 is 0 Å². The summed E-state index contributed by atoms with van der Waals surface area (Å²) in [6, 6.07) is 2.19. The molecule has 0 radical (unpaired) electrons. The number of nitrogens with zero attached hydrogens (tertiary/aromatic N) is 1. The van der Waals surface area contributed by atoms with Crippen molar-refractivity contribution in [1.29, 1.82) is 5.26 Å². The minimum absolute atomic E-state index is 0.0280. The Hall–Kier alpha value is -1.08. The monoisotopic (exact) mass is 251 g/mol. The van der Waals surface area contributed by atoms with Crippen molar-refractivity contribution in [2.24, 2.45) is 22.5 Å². The second kappa shape index (κ2) is 5.71. The average molecular weight is 251 g/mol. The molecule has 0 saturated heterocycles. The molecule has 0 bridgehead atoms. The molecule has 0 aromatic heterocycles. The molecule has 1 rings (SSSR count). The lowest BCUT2D eigenvalue weighted by molar-refractivity contribution is -0.133. The molecule has 0 atom stereocenters. The summed E-state index contributed by atoms with van der Waals surface area (Å²) in [7, 11) is 0. The summed E-state index contributed by atoms with van der Waals surface area (Å²) in [6.45, 7) is 6.66. The van der Waals surface area contributed by atoms with Gasteiger partial charge in [0.15, 0.2) is 0 Å². The first-order chi connectivity index (χ1) is 8.35. The molecule has 18 heavy (non-hydrogen) atoms. The van der Waals surface area contributed by atoms with Gasteiger partial charge in [0, 0.05) is 13.1 Å². The first kappa shape index (κ1) is 15.0. The van der Waals surface area contributed by atoms with Gasteiger partial charge in [-0.1, -0.05) is 6.92 Å². The zero-order valence-corrected chi connectivity index (χ0v) is 11.8. The molecule has 0 aliphatic heterocycles. The van der Waals surface area contributed by atoms with Crippen LogP contribution in [0.15, 0.2) is 0 Å². The molecule has 3 N–H and O–H groups in total. The van der Waals surface area contributed by atoms with E-state index in [1.165, 1.54) is 0 Å². The Morgan fingerprint density at radius 3 is 2.50 bits per heavy atom. The third-order valence-corrected chi connectivity index (χ3v) is 4.10. The van der Waals surface area contributed by atoms with Crippen LogP contribution in [0.1, 0.15) is 46.5 Å². The van der Waals surface area contributed by atoms with E-state index in [4.69, 9.17) is 11.0 Å². The maximum Gasteiger partial charge on any atom is 0.227 e. The summed E-state index contributed by atoms with van der Waals surface area (Å²) in [5.41, 5.74) is 4.91. The van der Waals surface area contributed by atoms with E-state index in [-0.39, 0.29) is 5.91 Å². The van der Waals surface area contributed by atoms with Crippen LogP contribution < -0.4 is 11.1 Å². The third-order valence-electron chi connectivity index (χ3n) is 4.10. The van der Waals surface area contributed by atoms with Crippen LogP contribution in [-0.2, 0) is 4.79 Å². The van der Waals surface area contributed by atoms with Crippen molar-refractivity contribution in [1.82, 2.24) is 5.32 Å². The Balaban J connectivity index is 2.61. The fraction of sp³-hybridized carbons (Fsp3) is 0.857. The molecular weight excluding hydrogens is 226 g/mol. The van der Waals surface area contributed by atoms with Gasteiger partial charge in [0.2, 0.25) is 5.91 Å². The average Bonchev–Trinajstić information content (AvgIpc) is 2.37. The summed E-state index contributed by atoms with van der Waals surface area (Å²) in [6.07, 6.45) is 3.85. The fourth-order valence-electron chi connectivity index (χ4n) is 2.37. The van der Waals surface area contributed by atoms with Crippen LogP contribution in [0.25, 0.3) is 0 Å². The second-order valence-corrected chi connectivity index (χ2v) is 6.35. The largest absolute Gasteiger partial charge is 0.354 e. The zero-order valence-electron chi connectivity index (χ0n) is 11.8. The van der Waals surface area contributed by atoms with Gasteiger partial charge in [0.1, 0.15) is 0 Å². The van der Waals surface area contributed by atoms with E-state index in [9.17, 15) is 4.79 Å². The number of nitrogens with one attached hydrogen (secondary N) is 1.